The Bertz CT molecular complexity index is 572. The monoisotopic (exact) mass is 295 g/mol. The minimum absolute atomic E-state index is 0. The molecule has 0 aromatic heterocycles. The Morgan fingerprint density at radius 1 is 1.05 bits per heavy atom. The minimum Gasteiger partial charge on any atom is -0.497 e. The molecule has 20 heavy (non-hydrogen) atoms. The maximum atomic E-state index is 6.07. The van der Waals surface area contributed by atoms with Crippen LogP contribution in [0, 0.1) is 0 Å². The molecular weight excluding hydrogens is 274 g/mol. The van der Waals surface area contributed by atoms with E-state index in [1.165, 1.54) is 5.56 Å². The first-order chi connectivity index (χ1) is 9.19. The zero-order chi connectivity index (χ0) is 13.8. The number of hydrogen-bond acceptors (Lipinski definition) is 3. The molecule has 2 aromatic carbocycles. The van der Waals surface area contributed by atoms with E-state index >= 15 is 0 Å². The molecular formula is C16H22ClNO2. The molecule has 0 bridgehead atoms. The number of ether oxygens (including phenoxy) is 2. The Morgan fingerprint density at radius 2 is 1.80 bits per heavy atom. The van der Waals surface area contributed by atoms with Crippen molar-refractivity contribution in [2.75, 3.05) is 14.2 Å². The van der Waals surface area contributed by atoms with Crippen LogP contribution in [0.25, 0.3) is 10.8 Å². The predicted molar refractivity (Wildman–Crippen MR) is 86.3 cm³/mol. The first kappa shape index (κ1) is 16.6. The molecule has 0 aliphatic heterocycles. The molecule has 110 valence electrons. The number of rotatable bonds is 5. The van der Waals surface area contributed by atoms with E-state index in [4.69, 9.17) is 15.2 Å². The molecule has 1 atom stereocenters. The summed E-state index contributed by atoms with van der Waals surface area (Å²) in [4.78, 5) is 0. The van der Waals surface area contributed by atoms with Gasteiger partial charge in [-0.05, 0) is 48.1 Å². The van der Waals surface area contributed by atoms with Crippen molar-refractivity contribution in [2.24, 2.45) is 5.73 Å². The van der Waals surface area contributed by atoms with Crippen molar-refractivity contribution in [2.45, 2.75) is 25.8 Å². The molecule has 0 heterocycles. The van der Waals surface area contributed by atoms with Crippen LogP contribution in [-0.4, -0.2) is 20.3 Å². The number of benzene rings is 2. The van der Waals surface area contributed by atoms with E-state index in [0.29, 0.717) is 0 Å². The van der Waals surface area contributed by atoms with Gasteiger partial charge in [0.1, 0.15) is 11.5 Å². The number of halogens is 1. The summed E-state index contributed by atoms with van der Waals surface area (Å²) in [6.07, 6.45) is 1.83. The molecule has 0 saturated heterocycles. The Labute approximate surface area is 126 Å². The number of fused-ring (bicyclic) bond motifs is 1. The maximum absolute atomic E-state index is 6.07. The summed E-state index contributed by atoms with van der Waals surface area (Å²) >= 11 is 0. The van der Waals surface area contributed by atoms with Crippen molar-refractivity contribution in [3.63, 3.8) is 0 Å². The molecule has 0 radical (unpaired) electrons. The first-order valence-corrected chi connectivity index (χ1v) is 6.58. The highest BCUT2D eigenvalue weighted by Crippen LogP contribution is 2.32. The van der Waals surface area contributed by atoms with E-state index in [9.17, 15) is 0 Å². The summed E-state index contributed by atoms with van der Waals surface area (Å²) in [6.45, 7) is 2.11. The van der Waals surface area contributed by atoms with Crippen LogP contribution in [0.2, 0.25) is 0 Å². The summed E-state index contributed by atoms with van der Waals surface area (Å²) in [5.41, 5.74) is 7.31. The Morgan fingerprint density at radius 3 is 2.40 bits per heavy atom. The van der Waals surface area contributed by atoms with Gasteiger partial charge >= 0.3 is 0 Å². The van der Waals surface area contributed by atoms with Crippen molar-refractivity contribution >= 4 is 23.2 Å². The van der Waals surface area contributed by atoms with Gasteiger partial charge in [-0.25, -0.2) is 0 Å². The predicted octanol–water partition coefficient (Wildman–Crippen LogP) is 3.56. The fraction of sp³-hybridized carbons (Fsp3) is 0.375. The van der Waals surface area contributed by atoms with Gasteiger partial charge in [-0.3, -0.25) is 0 Å². The van der Waals surface area contributed by atoms with Gasteiger partial charge in [-0.15, -0.1) is 12.4 Å². The second-order valence-electron chi connectivity index (χ2n) is 4.71. The SMILES string of the molecule is CCC(N)Cc1ccc(OC)c2ccc(OC)cc12.Cl. The van der Waals surface area contributed by atoms with E-state index in [0.717, 1.165) is 35.1 Å². The normalized spacial score (nSPS) is 11.8. The van der Waals surface area contributed by atoms with Gasteiger partial charge in [0.05, 0.1) is 14.2 Å². The summed E-state index contributed by atoms with van der Waals surface area (Å²) < 4.78 is 10.7. The fourth-order valence-corrected chi connectivity index (χ4v) is 2.27. The van der Waals surface area contributed by atoms with Gasteiger partial charge in [-0.2, -0.15) is 0 Å². The minimum atomic E-state index is 0. The van der Waals surface area contributed by atoms with Crippen LogP contribution >= 0.6 is 12.4 Å². The smallest absolute Gasteiger partial charge is 0.126 e. The molecule has 1 unspecified atom stereocenters. The average Bonchev–Trinajstić information content (AvgIpc) is 2.46. The molecule has 4 heteroatoms. The lowest BCUT2D eigenvalue weighted by molar-refractivity contribution is 0.414. The van der Waals surface area contributed by atoms with Crippen LogP contribution in [0.1, 0.15) is 18.9 Å². The van der Waals surface area contributed by atoms with E-state index in [2.05, 4.69) is 19.1 Å². The molecule has 0 aliphatic carbocycles. The Kier molecular flexibility index (Phi) is 6.11. The van der Waals surface area contributed by atoms with Crippen molar-refractivity contribution < 1.29 is 9.47 Å². The molecule has 2 N–H and O–H groups in total. The molecule has 0 fully saturated rings. The van der Waals surface area contributed by atoms with Gasteiger partial charge in [0.2, 0.25) is 0 Å². The number of hydrogen-bond donors (Lipinski definition) is 1. The van der Waals surface area contributed by atoms with Crippen molar-refractivity contribution in [1.82, 2.24) is 0 Å². The van der Waals surface area contributed by atoms with Crippen molar-refractivity contribution in [3.8, 4) is 11.5 Å². The largest absolute Gasteiger partial charge is 0.497 e. The summed E-state index contributed by atoms with van der Waals surface area (Å²) in [5, 5.41) is 2.26. The lowest BCUT2D eigenvalue weighted by Crippen LogP contribution is -2.21. The molecule has 0 amide bonds. The van der Waals surface area contributed by atoms with Crippen LogP contribution in [0.4, 0.5) is 0 Å². The number of methoxy groups -OCH3 is 2. The van der Waals surface area contributed by atoms with Crippen LogP contribution in [0.15, 0.2) is 30.3 Å². The first-order valence-electron chi connectivity index (χ1n) is 6.58. The molecule has 2 rings (SSSR count). The van der Waals surface area contributed by atoms with Gasteiger partial charge in [-0.1, -0.05) is 13.0 Å². The van der Waals surface area contributed by atoms with Crippen LogP contribution in [-0.2, 0) is 6.42 Å². The zero-order valence-corrected chi connectivity index (χ0v) is 13.0. The summed E-state index contributed by atoms with van der Waals surface area (Å²) in [5.74, 6) is 1.73. The number of nitrogens with two attached hydrogens (primary N) is 1. The van der Waals surface area contributed by atoms with Crippen molar-refractivity contribution in [1.29, 1.82) is 0 Å². The van der Waals surface area contributed by atoms with Crippen LogP contribution in [0.5, 0.6) is 11.5 Å². The molecule has 0 saturated carbocycles. The highest BCUT2D eigenvalue weighted by atomic mass is 35.5. The topological polar surface area (TPSA) is 44.5 Å². The highest BCUT2D eigenvalue weighted by Gasteiger charge is 2.10. The van der Waals surface area contributed by atoms with E-state index in [-0.39, 0.29) is 18.4 Å². The van der Waals surface area contributed by atoms with Crippen molar-refractivity contribution in [3.05, 3.63) is 35.9 Å². The standard InChI is InChI=1S/C16H21NO2.ClH/c1-4-12(17)9-11-5-8-16(19-3)14-7-6-13(18-2)10-15(11)14;/h5-8,10,12H,4,9,17H2,1-3H3;1H. The van der Waals surface area contributed by atoms with Crippen LogP contribution in [0.3, 0.4) is 0 Å². The average molecular weight is 296 g/mol. The lowest BCUT2D eigenvalue weighted by Gasteiger charge is -2.14. The molecule has 3 nitrogen and oxygen atoms in total. The second kappa shape index (κ2) is 7.36. The second-order valence-corrected chi connectivity index (χ2v) is 4.71. The third kappa shape index (κ3) is 3.35. The van der Waals surface area contributed by atoms with Gasteiger partial charge in [0.15, 0.2) is 0 Å². The van der Waals surface area contributed by atoms with Gasteiger partial charge < -0.3 is 15.2 Å². The van der Waals surface area contributed by atoms with E-state index in [1.54, 1.807) is 14.2 Å². The summed E-state index contributed by atoms with van der Waals surface area (Å²) in [6, 6.07) is 10.3. The Hall–Kier alpha value is -1.45. The summed E-state index contributed by atoms with van der Waals surface area (Å²) in [7, 11) is 3.37. The molecule has 2 aromatic rings. The lowest BCUT2D eigenvalue weighted by atomic mass is 9.97. The third-order valence-corrected chi connectivity index (χ3v) is 3.50. The van der Waals surface area contributed by atoms with Crippen LogP contribution < -0.4 is 15.2 Å². The highest BCUT2D eigenvalue weighted by molar-refractivity contribution is 5.92. The van der Waals surface area contributed by atoms with E-state index < -0.39 is 0 Å². The van der Waals surface area contributed by atoms with Gasteiger partial charge in [0.25, 0.3) is 0 Å². The zero-order valence-electron chi connectivity index (χ0n) is 12.2. The third-order valence-electron chi connectivity index (χ3n) is 3.50. The van der Waals surface area contributed by atoms with Gasteiger partial charge in [0, 0.05) is 11.4 Å². The molecule has 0 aliphatic rings. The fourth-order valence-electron chi connectivity index (χ4n) is 2.27. The Balaban J connectivity index is 0.00000200. The maximum Gasteiger partial charge on any atom is 0.126 e. The quantitative estimate of drug-likeness (QED) is 0.917. The van der Waals surface area contributed by atoms with E-state index in [1.807, 2.05) is 18.2 Å². The molecule has 0 spiro atoms.